The van der Waals surface area contributed by atoms with Crippen LogP contribution in [0.4, 0.5) is 0 Å². The lowest BCUT2D eigenvalue weighted by molar-refractivity contribution is -0.121. The van der Waals surface area contributed by atoms with Gasteiger partial charge in [0, 0.05) is 24.6 Å². The summed E-state index contributed by atoms with van der Waals surface area (Å²) < 4.78 is 3.31. The largest absolute Gasteiger partial charge is 0.350 e. The van der Waals surface area contributed by atoms with Crippen LogP contribution in [0.5, 0.6) is 0 Å². The second-order valence-corrected chi connectivity index (χ2v) is 6.48. The summed E-state index contributed by atoms with van der Waals surface area (Å²) in [5.41, 5.74) is 2.39. The van der Waals surface area contributed by atoms with Gasteiger partial charge in [0.25, 0.3) is 5.56 Å². The zero-order chi connectivity index (χ0) is 19.5. The molecule has 140 valence electrons. The monoisotopic (exact) mass is 373 g/mol. The van der Waals surface area contributed by atoms with E-state index in [4.69, 9.17) is 0 Å². The van der Waals surface area contributed by atoms with E-state index in [1.165, 1.54) is 10.9 Å². The predicted molar refractivity (Wildman–Crippen MR) is 106 cm³/mol. The number of aromatic nitrogens is 4. The molecule has 4 rings (SSSR count). The summed E-state index contributed by atoms with van der Waals surface area (Å²) in [4.78, 5) is 33.2. The van der Waals surface area contributed by atoms with Crippen LogP contribution in [-0.2, 0) is 17.9 Å². The molecule has 2 aromatic heterocycles. The minimum Gasteiger partial charge on any atom is -0.350 e. The van der Waals surface area contributed by atoms with Crippen LogP contribution in [0.1, 0.15) is 11.4 Å². The molecule has 1 N–H and O–H groups in total. The first kappa shape index (κ1) is 17.7. The molecule has 0 spiro atoms. The van der Waals surface area contributed by atoms with Gasteiger partial charge in [0.15, 0.2) is 0 Å². The van der Waals surface area contributed by atoms with Crippen LogP contribution in [0.3, 0.4) is 0 Å². The number of para-hydroxylation sites is 1. The molecule has 0 fully saturated rings. The standard InChI is InChI=1S/C21H19N5O2/c1-15-22-10-11-26(15)17-8-6-16(7-9-17)12-23-20(27)13-25-14-24-19-5-3-2-4-18(19)21(25)28/h2-11,14H,12-13H2,1H3,(H,23,27). The van der Waals surface area contributed by atoms with Crippen molar-refractivity contribution in [2.24, 2.45) is 0 Å². The average molecular weight is 373 g/mol. The van der Waals surface area contributed by atoms with Crippen molar-refractivity contribution >= 4 is 16.8 Å². The first-order chi connectivity index (χ1) is 13.6. The van der Waals surface area contributed by atoms with Crippen LogP contribution in [0.2, 0.25) is 0 Å². The fraction of sp³-hybridized carbons (Fsp3) is 0.143. The van der Waals surface area contributed by atoms with Crippen LogP contribution in [0.25, 0.3) is 16.6 Å². The van der Waals surface area contributed by atoms with Gasteiger partial charge in [-0.25, -0.2) is 9.97 Å². The molecular weight excluding hydrogens is 354 g/mol. The highest BCUT2D eigenvalue weighted by molar-refractivity contribution is 5.78. The highest BCUT2D eigenvalue weighted by Crippen LogP contribution is 2.11. The number of rotatable bonds is 5. The molecule has 0 saturated carbocycles. The molecule has 4 aromatic rings. The van der Waals surface area contributed by atoms with Crippen LogP contribution in [-0.4, -0.2) is 25.0 Å². The summed E-state index contributed by atoms with van der Waals surface area (Å²) in [5, 5.41) is 3.35. The van der Waals surface area contributed by atoms with Crippen molar-refractivity contribution in [2.45, 2.75) is 20.0 Å². The van der Waals surface area contributed by atoms with Crippen LogP contribution < -0.4 is 10.9 Å². The molecule has 7 heteroatoms. The van der Waals surface area contributed by atoms with Crippen molar-refractivity contribution < 1.29 is 4.79 Å². The van der Waals surface area contributed by atoms with E-state index in [2.05, 4.69) is 15.3 Å². The van der Waals surface area contributed by atoms with Gasteiger partial charge in [-0.3, -0.25) is 14.2 Å². The molecule has 0 unspecified atom stereocenters. The predicted octanol–water partition coefficient (Wildman–Crippen LogP) is 2.21. The van der Waals surface area contributed by atoms with Crippen LogP contribution >= 0.6 is 0 Å². The topological polar surface area (TPSA) is 81.8 Å². The van der Waals surface area contributed by atoms with E-state index in [-0.39, 0.29) is 18.0 Å². The van der Waals surface area contributed by atoms with Crippen molar-refractivity contribution in [1.82, 2.24) is 24.4 Å². The minimum absolute atomic E-state index is 0.0665. The smallest absolute Gasteiger partial charge is 0.261 e. The number of nitrogens with one attached hydrogen (secondary N) is 1. The maximum absolute atomic E-state index is 12.5. The third-order valence-corrected chi connectivity index (χ3v) is 4.58. The number of amides is 1. The molecule has 28 heavy (non-hydrogen) atoms. The lowest BCUT2D eigenvalue weighted by Crippen LogP contribution is -2.32. The number of nitrogens with zero attached hydrogens (tertiary/aromatic N) is 4. The summed E-state index contributed by atoms with van der Waals surface area (Å²) in [6, 6.07) is 15.0. The quantitative estimate of drug-likeness (QED) is 0.581. The lowest BCUT2D eigenvalue weighted by atomic mass is 10.2. The molecule has 0 aliphatic rings. The number of carbonyl (C=O) groups excluding carboxylic acids is 1. The highest BCUT2D eigenvalue weighted by atomic mass is 16.2. The maximum atomic E-state index is 12.5. The third-order valence-electron chi connectivity index (χ3n) is 4.58. The molecule has 2 aromatic carbocycles. The summed E-state index contributed by atoms with van der Waals surface area (Å²) >= 11 is 0. The van der Waals surface area contributed by atoms with E-state index < -0.39 is 0 Å². The highest BCUT2D eigenvalue weighted by Gasteiger charge is 2.08. The van der Waals surface area contributed by atoms with Gasteiger partial charge in [-0.2, -0.15) is 0 Å². The number of fused-ring (bicyclic) bond motifs is 1. The normalized spacial score (nSPS) is 10.9. The minimum atomic E-state index is -0.242. The van der Waals surface area contributed by atoms with Gasteiger partial charge in [0.1, 0.15) is 12.4 Å². The number of imidazole rings is 1. The van der Waals surface area contributed by atoms with Gasteiger partial charge >= 0.3 is 0 Å². The summed E-state index contributed by atoms with van der Waals surface area (Å²) in [6.07, 6.45) is 5.07. The van der Waals surface area contributed by atoms with Crippen molar-refractivity contribution in [3.05, 3.63) is 89.0 Å². The van der Waals surface area contributed by atoms with Crippen molar-refractivity contribution in [3.63, 3.8) is 0 Å². The van der Waals surface area contributed by atoms with E-state index in [1.54, 1.807) is 24.4 Å². The van der Waals surface area contributed by atoms with Gasteiger partial charge in [0.05, 0.1) is 17.2 Å². The second-order valence-electron chi connectivity index (χ2n) is 6.48. The Kier molecular flexibility index (Phi) is 4.72. The Labute approximate surface area is 161 Å². The van der Waals surface area contributed by atoms with Crippen LogP contribution in [0.15, 0.2) is 72.0 Å². The first-order valence-electron chi connectivity index (χ1n) is 8.92. The van der Waals surface area contributed by atoms with E-state index >= 15 is 0 Å². The Morgan fingerprint density at radius 2 is 1.86 bits per heavy atom. The Balaban J connectivity index is 1.40. The molecule has 2 heterocycles. The van der Waals surface area contributed by atoms with E-state index in [0.717, 1.165) is 17.1 Å². The van der Waals surface area contributed by atoms with Gasteiger partial charge in [-0.15, -0.1) is 0 Å². The third kappa shape index (κ3) is 3.55. The van der Waals surface area contributed by atoms with Gasteiger partial charge in [-0.05, 0) is 36.8 Å². The average Bonchev–Trinajstić information content (AvgIpc) is 3.15. The molecule has 0 aliphatic carbocycles. The Morgan fingerprint density at radius 1 is 1.07 bits per heavy atom. The Hall–Kier alpha value is -3.74. The number of hydrogen-bond acceptors (Lipinski definition) is 4. The Morgan fingerprint density at radius 3 is 2.61 bits per heavy atom. The number of benzene rings is 2. The SMILES string of the molecule is Cc1nccn1-c1ccc(CNC(=O)Cn2cnc3ccccc3c2=O)cc1. The van der Waals surface area contributed by atoms with Crippen molar-refractivity contribution in [2.75, 3.05) is 0 Å². The maximum Gasteiger partial charge on any atom is 0.261 e. The molecule has 7 nitrogen and oxygen atoms in total. The van der Waals surface area contributed by atoms with Crippen molar-refractivity contribution in [3.8, 4) is 5.69 Å². The van der Waals surface area contributed by atoms with Crippen LogP contribution in [0, 0.1) is 6.92 Å². The lowest BCUT2D eigenvalue weighted by Gasteiger charge is -2.09. The number of aryl methyl sites for hydroxylation is 1. The van der Waals surface area contributed by atoms with E-state index in [0.29, 0.717) is 17.4 Å². The second kappa shape index (κ2) is 7.48. The molecule has 0 atom stereocenters. The van der Waals surface area contributed by atoms with E-state index in [9.17, 15) is 9.59 Å². The fourth-order valence-electron chi connectivity index (χ4n) is 3.06. The Bertz CT molecular complexity index is 1190. The number of hydrogen-bond donors (Lipinski definition) is 1. The van der Waals surface area contributed by atoms with Gasteiger partial charge in [-0.1, -0.05) is 24.3 Å². The summed E-state index contributed by atoms with van der Waals surface area (Å²) in [6.45, 7) is 2.26. The molecule has 0 bridgehead atoms. The first-order valence-corrected chi connectivity index (χ1v) is 8.92. The molecule has 1 amide bonds. The molecular formula is C21H19N5O2. The fourth-order valence-corrected chi connectivity index (χ4v) is 3.06. The molecule has 0 saturated heterocycles. The number of carbonyl (C=O) groups is 1. The van der Waals surface area contributed by atoms with Gasteiger partial charge in [0.2, 0.25) is 5.91 Å². The molecule has 0 radical (unpaired) electrons. The summed E-state index contributed by atoms with van der Waals surface area (Å²) in [5.74, 6) is 0.671. The zero-order valence-electron chi connectivity index (χ0n) is 15.4. The summed E-state index contributed by atoms with van der Waals surface area (Å²) in [7, 11) is 0. The van der Waals surface area contributed by atoms with Crippen molar-refractivity contribution in [1.29, 1.82) is 0 Å². The van der Waals surface area contributed by atoms with E-state index in [1.807, 2.05) is 48.0 Å². The molecule has 0 aliphatic heterocycles. The zero-order valence-corrected chi connectivity index (χ0v) is 15.4. The van der Waals surface area contributed by atoms with Gasteiger partial charge < -0.3 is 9.88 Å².